The minimum Gasteiger partial charge on any atom is -0.456 e. The second-order valence-corrected chi connectivity index (χ2v) is 12.9. The van der Waals surface area contributed by atoms with Crippen molar-refractivity contribution in [3.63, 3.8) is 0 Å². The van der Waals surface area contributed by atoms with Crippen LogP contribution in [0, 0.1) is 13.8 Å². The molecule has 1 aromatic heterocycles. The van der Waals surface area contributed by atoms with Gasteiger partial charge in [-0.2, -0.15) is 0 Å². The Hall–Kier alpha value is -4.64. The quantitative estimate of drug-likeness (QED) is 0.185. The summed E-state index contributed by atoms with van der Waals surface area (Å²) in [5.41, 5.74) is 9.43. The van der Waals surface area contributed by atoms with Gasteiger partial charge in [0.2, 0.25) is 0 Å². The summed E-state index contributed by atoms with van der Waals surface area (Å²) in [6.45, 7) is 15.4. The number of nitrogens with zero attached hydrogens (tertiary/aromatic N) is 1. The molecule has 44 heavy (non-hydrogen) atoms. The lowest BCUT2D eigenvalue weighted by Crippen LogP contribution is -2.24. The minimum atomic E-state index is -0.561. The van der Waals surface area contributed by atoms with Crippen LogP contribution in [0.1, 0.15) is 89.2 Å². The summed E-state index contributed by atoms with van der Waals surface area (Å²) >= 11 is 0. The summed E-state index contributed by atoms with van der Waals surface area (Å²) in [6.07, 6.45) is 0. The van der Waals surface area contributed by atoms with E-state index in [1.165, 1.54) is 16.8 Å². The van der Waals surface area contributed by atoms with Crippen molar-refractivity contribution in [3.05, 3.63) is 130 Å². The first kappa shape index (κ1) is 30.8. The van der Waals surface area contributed by atoms with Crippen LogP contribution in [0.2, 0.25) is 0 Å². The number of aromatic nitrogens is 1. The van der Waals surface area contributed by atoms with Crippen LogP contribution >= 0.6 is 0 Å². The largest absolute Gasteiger partial charge is 0.456 e. The Morgan fingerprint density at radius 2 is 1.50 bits per heavy atom. The Balaban J connectivity index is 1.33. The fraction of sp³-hybridized carbons (Fsp3) is 0.282. The normalized spacial score (nSPS) is 11.6. The zero-order chi connectivity index (χ0) is 31.6. The van der Waals surface area contributed by atoms with Crippen molar-refractivity contribution >= 4 is 22.8 Å². The molecular weight excluding hydrogens is 544 g/mol. The molecule has 0 bridgehead atoms. The fourth-order valence-corrected chi connectivity index (χ4v) is 5.52. The zero-order valence-corrected chi connectivity index (χ0v) is 26.8. The molecule has 0 aliphatic rings. The molecular formula is C39H42N2O3. The Labute approximate surface area is 260 Å². The standard InChI is InChI=1S/C39H42N2O3/c1-25(2)30-16-12-28(13-17-30)23-40-37(42)32-20-21-36-35(22-32)26(3)27(4)41(36)24-29-14-18-31(19-15-29)33-10-8-9-11-34(33)38(43)44-39(5,6)7/h8-22,25H,23-24H2,1-7H3,(H,40,42). The summed E-state index contributed by atoms with van der Waals surface area (Å²) < 4.78 is 7.94. The minimum absolute atomic E-state index is 0.0770. The van der Waals surface area contributed by atoms with E-state index >= 15 is 0 Å². The molecule has 0 unspecified atom stereocenters. The molecule has 5 heteroatoms. The van der Waals surface area contributed by atoms with Gasteiger partial charge in [0.1, 0.15) is 5.60 Å². The van der Waals surface area contributed by atoms with Crippen LogP contribution in [0.25, 0.3) is 22.0 Å². The molecule has 1 heterocycles. The summed E-state index contributed by atoms with van der Waals surface area (Å²) in [5, 5.41) is 4.16. The second kappa shape index (κ2) is 12.5. The van der Waals surface area contributed by atoms with Gasteiger partial charge in [-0.3, -0.25) is 4.79 Å². The van der Waals surface area contributed by atoms with Crippen LogP contribution < -0.4 is 5.32 Å². The van der Waals surface area contributed by atoms with Crippen LogP contribution in [0.4, 0.5) is 0 Å². The van der Waals surface area contributed by atoms with E-state index in [2.05, 4.69) is 86.1 Å². The van der Waals surface area contributed by atoms with Crippen molar-refractivity contribution < 1.29 is 14.3 Å². The number of carbonyl (C=O) groups is 2. The topological polar surface area (TPSA) is 60.3 Å². The summed E-state index contributed by atoms with van der Waals surface area (Å²) in [5.74, 6) is 0.0828. The molecule has 0 atom stereocenters. The first-order valence-electron chi connectivity index (χ1n) is 15.3. The van der Waals surface area contributed by atoms with Gasteiger partial charge < -0.3 is 14.6 Å². The first-order chi connectivity index (χ1) is 20.9. The maximum atomic E-state index is 13.1. The van der Waals surface area contributed by atoms with Gasteiger partial charge in [-0.1, -0.05) is 80.6 Å². The van der Waals surface area contributed by atoms with Crippen molar-refractivity contribution in [3.8, 4) is 11.1 Å². The molecule has 0 radical (unpaired) electrons. The van der Waals surface area contributed by atoms with Crippen molar-refractivity contribution in [2.45, 2.75) is 73.1 Å². The summed E-state index contributed by atoms with van der Waals surface area (Å²) in [7, 11) is 0. The van der Waals surface area contributed by atoms with Crippen molar-refractivity contribution in [1.82, 2.24) is 9.88 Å². The average Bonchev–Trinajstić information content (AvgIpc) is 3.23. The number of rotatable bonds is 8. The smallest absolute Gasteiger partial charge is 0.339 e. The molecule has 4 aromatic carbocycles. The van der Waals surface area contributed by atoms with Gasteiger partial charge in [0.05, 0.1) is 5.56 Å². The number of nitrogens with one attached hydrogen (secondary N) is 1. The number of amides is 1. The Morgan fingerprint density at radius 3 is 2.16 bits per heavy atom. The molecule has 5 nitrogen and oxygen atoms in total. The van der Waals surface area contributed by atoms with Crippen LogP contribution in [-0.2, 0) is 17.8 Å². The van der Waals surface area contributed by atoms with E-state index in [1.54, 1.807) is 0 Å². The highest BCUT2D eigenvalue weighted by Gasteiger charge is 2.21. The van der Waals surface area contributed by atoms with E-state index in [-0.39, 0.29) is 11.9 Å². The number of esters is 1. The Bertz CT molecular complexity index is 1800. The molecule has 0 fully saturated rings. The molecule has 0 aliphatic heterocycles. The van der Waals surface area contributed by atoms with Crippen LogP contribution in [0.15, 0.2) is 91.0 Å². The molecule has 0 spiro atoms. The highest BCUT2D eigenvalue weighted by molar-refractivity contribution is 5.99. The monoisotopic (exact) mass is 586 g/mol. The van der Waals surface area contributed by atoms with Gasteiger partial charge in [0.25, 0.3) is 5.91 Å². The van der Waals surface area contributed by atoms with E-state index in [0.717, 1.165) is 33.2 Å². The molecule has 226 valence electrons. The lowest BCUT2D eigenvalue weighted by Gasteiger charge is -2.20. The molecule has 0 aliphatic carbocycles. The summed E-state index contributed by atoms with van der Waals surface area (Å²) in [4.78, 5) is 25.9. The average molecular weight is 587 g/mol. The number of hydrogen-bond donors (Lipinski definition) is 1. The zero-order valence-electron chi connectivity index (χ0n) is 26.8. The Morgan fingerprint density at radius 1 is 0.841 bits per heavy atom. The molecule has 5 aromatic rings. The highest BCUT2D eigenvalue weighted by atomic mass is 16.6. The maximum absolute atomic E-state index is 13.1. The lowest BCUT2D eigenvalue weighted by molar-refractivity contribution is 0.00703. The number of benzene rings is 4. The van der Waals surface area contributed by atoms with Gasteiger partial charge in [0, 0.05) is 35.2 Å². The second-order valence-electron chi connectivity index (χ2n) is 12.9. The third-order valence-electron chi connectivity index (χ3n) is 8.15. The van der Waals surface area contributed by atoms with Gasteiger partial charge >= 0.3 is 5.97 Å². The summed E-state index contributed by atoms with van der Waals surface area (Å²) in [6, 6.07) is 30.3. The number of carbonyl (C=O) groups excluding carboxylic acids is 2. The fourth-order valence-electron chi connectivity index (χ4n) is 5.52. The molecule has 0 saturated carbocycles. The van der Waals surface area contributed by atoms with E-state index in [9.17, 15) is 9.59 Å². The van der Waals surface area contributed by atoms with Crippen molar-refractivity contribution in [2.75, 3.05) is 0 Å². The van der Waals surface area contributed by atoms with E-state index in [4.69, 9.17) is 4.74 Å². The van der Waals surface area contributed by atoms with Gasteiger partial charge in [-0.05, 0) is 98.2 Å². The molecule has 5 rings (SSSR count). The third-order valence-corrected chi connectivity index (χ3v) is 8.15. The Kier molecular flexibility index (Phi) is 8.78. The SMILES string of the molecule is Cc1c(C)n(Cc2ccc(-c3ccccc3C(=O)OC(C)(C)C)cc2)c2ccc(C(=O)NCc3ccc(C(C)C)cc3)cc12. The lowest BCUT2D eigenvalue weighted by atomic mass is 9.98. The highest BCUT2D eigenvalue weighted by Crippen LogP contribution is 2.29. The van der Waals surface area contributed by atoms with Gasteiger partial charge in [-0.15, -0.1) is 0 Å². The van der Waals surface area contributed by atoms with Crippen LogP contribution in [0.5, 0.6) is 0 Å². The van der Waals surface area contributed by atoms with Crippen LogP contribution in [-0.4, -0.2) is 22.0 Å². The maximum Gasteiger partial charge on any atom is 0.339 e. The number of ether oxygens (including phenoxy) is 1. The molecule has 1 N–H and O–H groups in total. The number of fused-ring (bicyclic) bond motifs is 1. The number of hydrogen-bond acceptors (Lipinski definition) is 3. The molecule has 0 saturated heterocycles. The van der Waals surface area contributed by atoms with Crippen LogP contribution in [0.3, 0.4) is 0 Å². The van der Waals surface area contributed by atoms with Crippen molar-refractivity contribution in [1.29, 1.82) is 0 Å². The first-order valence-corrected chi connectivity index (χ1v) is 15.3. The predicted octanol–water partition coefficient (Wildman–Crippen LogP) is 8.98. The van der Waals surface area contributed by atoms with E-state index in [1.807, 2.05) is 63.2 Å². The van der Waals surface area contributed by atoms with E-state index < -0.39 is 5.60 Å². The van der Waals surface area contributed by atoms with Gasteiger partial charge in [0.15, 0.2) is 0 Å². The van der Waals surface area contributed by atoms with Crippen molar-refractivity contribution in [2.24, 2.45) is 0 Å². The number of aryl methyl sites for hydroxylation is 1. The predicted molar refractivity (Wildman–Crippen MR) is 179 cm³/mol. The molecule has 1 amide bonds. The van der Waals surface area contributed by atoms with Gasteiger partial charge in [-0.25, -0.2) is 4.79 Å². The third kappa shape index (κ3) is 6.78. The van der Waals surface area contributed by atoms with E-state index in [0.29, 0.717) is 30.1 Å².